The van der Waals surface area contributed by atoms with E-state index in [-0.39, 0.29) is 6.04 Å². The highest BCUT2D eigenvalue weighted by atomic mass is 79.9. The first-order valence-corrected chi connectivity index (χ1v) is 7.72. The van der Waals surface area contributed by atoms with Gasteiger partial charge >= 0.3 is 0 Å². The molecule has 0 aliphatic carbocycles. The van der Waals surface area contributed by atoms with E-state index in [0.29, 0.717) is 0 Å². The highest BCUT2D eigenvalue weighted by Crippen LogP contribution is 2.26. The topological polar surface area (TPSA) is 25.2 Å². The van der Waals surface area contributed by atoms with Crippen molar-refractivity contribution in [1.29, 1.82) is 0 Å². The van der Waals surface area contributed by atoms with E-state index in [4.69, 9.17) is 4.42 Å². The van der Waals surface area contributed by atoms with Crippen LogP contribution in [0.5, 0.6) is 0 Å². The summed E-state index contributed by atoms with van der Waals surface area (Å²) in [6.07, 6.45) is 1.73. The number of benzene rings is 1. The lowest BCUT2D eigenvalue weighted by Gasteiger charge is -2.15. The molecule has 1 aromatic heterocycles. The van der Waals surface area contributed by atoms with Crippen molar-refractivity contribution < 1.29 is 4.42 Å². The molecule has 1 aromatic carbocycles. The Bertz CT molecular complexity index is 455. The summed E-state index contributed by atoms with van der Waals surface area (Å²) in [5.41, 5.74) is 0. The van der Waals surface area contributed by atoms with Crippen molar-refractivity contribution >= 4 is 27.7 Å². The Labute approximate surface area is 120 Å². The second kappa shape index (κ2) is 7.02. The molecular formula is C14H16BrNOS. The Morgan fingerprint density at radius 1 is 1.28 bits per heavy atom. The van der Waals surface area contributed by atoms with Gasteiger partial charge in [0.25, 0.3) is 0 Å². The first kappa shape index (κ1) is 13.7. The van der Waals surface area contributed by atoms with Crippen molar-refractivity contribution in [1.82, 2.24) is 5.32 Å². The van der Waals surface area contributed by atoms with Crippen molar-refractivity contribution in [2.24, 2.45) is 0 Å². The van der Waals surface area contributed by atoms with Crippen molar-refractivity contribution in [3.8, 4) is 0 Å². The summed E-state index contributed by atoms with van der Waals surface area (Å²) in [4.78, 5) is 1.27. The lowest BCUT2D eigenvalue weighted by atomic mass is 10.2. The van der Waals surface area contributed by atoms with Gasteiger partial charge in [0.05, 0.1) is 12.3 Å². The molecule has 0 radical (unpaired) electrons. The maximum atomic E-state index is 5.47. The number of halogens is 1. The van der Waals surface area contributed by atoms with Gasteiger partial charge in [-0.15, -0.1) is 11.8 Å². The summed E-state index contributed by atoms with van der Waals surface area (Å²) in [7, 11) is 0. The molecule has 18 heavy (non-hydrogen) atoms. The average Bonchev–Trinajstić information content (AvgIpc) is 2.90. The quantitative estimate of drug-likeness (QED) is 0.792. The highest BCUT2D eigenvalue weighted by Gasteiger charge is 2.13. The normalized spacial score (nSPS) is 12.6. The maximum Gasteiger partial charge on any atom is 0.121 e. The minimum Gasteiger partial charge on any atom is -0.468 e. The summed E-state index contributed by atoms with van der Waals surface area (Å²) >= 11 is 5.28. The van der Waals surface area contributed by atoms with Gasteiger partial charge in [-0.05, 0) is 42.9 Å². The molecule has 1 heterocycles. The number of nitrogens with one attached hydrogen (secondary N) is 1. The fourth-order valence-electron chi connectivity index (χ4n) is 1.69. The molecular weight excluding hydrogens is 310 g/mol. The van der Waals surface area contributed by atoms with E-state index in [2.05, 4.69) is 52.4 Å². The molecule has 0 fully saturated rings. The highest BCUT2D eigenvalue weighted by molar-refractivity contribution is 9.10. The lowest BCUT2D eigenvalue weighted by Crippen LogP contribution is -2.22. The van der Waals surface area contributed by atoms with E-state index in [9.17, 15) is 0 Å². The van der Waals surface area contributed by atoms with Gasteiger partial charge in [-0.1, -0.05) is 22.9 Å². The zero-order valence-electron chi connectivity index (χ0n) is 10.2. The molecule has 4 heteroatoms. The average molecular weight is 326 g/mol. The third-order valence-corrected chi connectivity index (χ3v) is 4.20. The minimum atomic E-state index is 0.263. The molecule has 0 saturated carbocycles. The van der Waals surface area contributed by atoms with Crippen LogP contribution >= 0.6 is 27.7 Å². The number of rotatable bonds is 6. The largest absolute Gasteiger partial charge is 0.468 e. The van der Waals surface area contributed by atoms with E-state index in [1.54, 1.807) is 6.26 Å². The van der Waals surface area contributed by atoms with Crippen LogP contribution < -0.4 is 5.32 Å². The standard InChI is InChI=1S/C14H16BrNOS/c1-2-16-13(14-4-3-9-17-14)10-18-12-7-5-11(15)6-8-12/h3-9,13,16H,2,10H2,1H3. The summed E-state index contributed by atoms with van der Waals surface area (Å²) in [6, 6.07) is 12.6. The van der Waals surface area contributed by atoms with Crippen LogP contribution in [0.2, 0.25) is 0 Å². The molecule has 0 bridgehead atoms. The first-order chi connectivity index (χ1) is 8.79. The predicted octanol–water partition coefficient (Wildman–Crippen LogP) is 4.49. The zero-order chi connectivity index (χ0) is 12.8. The molecule has 2 rings (SSSR count). The zero-order valence-corrected chi connectivity index (χ0v) is 12.6. The second-order valence-electron chi connectivity index (χ2n) is 3.89. The van der Waals surface area contributed by atoms with Crippen LogP contribution in [0.3, 0.4) is 0 Å². The van der Waals surface area contributed by atoms with Crippen molar-refractivity contribution in [2.75, 3.05) is 12.3 Å². The predicted molar refractivity (Wildman–Crippen MR) is 80.0 cm³/mol. The van der Waals surface area contributed by atoms with Crippen LogP contribution in [-0.2, 0) is 0 Å². The van der Waals surface area contributed by atoms with Crippen LogP contribution in [-0.4, -0.2) is 12.3 Å². The lowest BCUT2D eigenvalue weighted by molar-refractivity contribution is 0.441. The fourth-order valence-corrected chi connectivity index (χ4v) is 2.92. The van der Waals surface area contributed by atoms with Crippen LogP contribution in [0.1, 0.15) is 18.7 Å². The maximum absolute atomic E-state index is 5.47. The Kier molecular flexibility index (Phi) is 5.35. The van der Waals surface area contributed by atoms with Gasteiger partial charge in [0.2, 0.25) is 0 Å². The Balaban J connectivity index is 1.95. The molecule has 0 spiro atoms. The third-order valence-electron chi connectivity index (χ3n) is 2.57. The van der Waals surface area contributed by atoms with Gasteiger partial charge in [0.15, 0.2) is 0 Å². The van der Waals surface area contributed by atoms with E-state index < -0.39 is 0 Å². The Morgan fingerprint density at radius 2 is 2.06 bits per heavy atom. The van der Waals surface area contributed by atoms with E-state index in [1.165, 1.54) is 4.90 Å². The summed E-state index contributed by atoms with van der Waals surface area (Å²) in [6.45, 7) is 3.05. The molecule has 0 saturated heterocycles. The number of furan rings is 1. The van der Waals surface area contributed by atoms with Gasteiger partial charge in [0.1, 0.15) is 5.76 Å². The van der Waals surface area contributed by atoms with Crippen LogP contribution in [0.15, 0.2) is 56.4 Å². The van der Waals surface area contributed by atoms with Crippen LogP contribution in [0.25, 0.3) is 0 Å². The molecule has 2 aromatic rings. The van der Waals surface area contributed by atoms with Gasteiger partial charge in [-0.3, -0.25) is 0 Å². The molecule has 2 nitrogen and oxygen atoms in total. The number of hydrogen-bond acceptors (Lipinski definition) is 3. The van der Waals surface area contributed by atoms with E-state index >= 15 is 0 Å². The van der Waals surface area contributed by atoms with Gasteiger partial charge in [0, 0.05) is 15.1 Å². The molecule has 1 unspecified atom stereocenters. The number of hydrogen-bond donors (Lipinski definition) is 1. The Hall–Kier alpha value is -0.710. The monoisotopic (exact) mass is 325 g/mol. The van der Waals surface area contributed by atoms with Gasteiger partial charge < -0.3 is 9.73 Å². The summed E-state index contributed by atoms with van der Waals surface area (Å²) in [5.74, 6) is 1.96. The molecule has 0 aliphatic heterocycles. The fraction of sp³-hybridized carbons (Fsp3) is 0.286. The second-order valence-corrected chi connectivity index (χ2v) is 5.90. The van der Waals surface area contributed by atoms with Gasteiger partial charge in [-0.2, -0.15) is 0 Å². The smallest absolute Gasteiger partial charge is 0.121 e. The SMILES string of the molecule is CCNC(CSc1ccc(Br)cc1)c1ccco1. The molecule has 96 valence electrons. The van der Waals surface area contributed by atoms with Crippen molar-refractivity contribution in [3.63, 3.8) is 0 Å². The molecule has 1 atom stereocenters. The molecule has 0 aliphatic rings. The van der Waals surface area contributed by atoms with Crippen LogP contribution in [0, 0.1) is 0 Å². The minimum absolute atomic E-state index is 0.263. The van der Waals surface area contributed by atoms with Gasteiger partial charge in [-0.25, -0.2) is 0 Å². The molecule has 0 amide bonds. The summed E-state index contributed by atoms with van der Waals surface area (Å²) in [5, 5.41) is 3.44. The summed E-state index contributed by atoms with van der Waals surface area (Å²) < 4.78 is 6.58. The van der Waals surface area contributed by atoms with Crippen molar-refractivity contribution in [2.45, 2.75) is 17.9 Å². The molecule has 1 N–H and O–H groups in total. The van der Waals surface area contributed by atoms with Crippen LogP contribution in [0.4, 0.5) is 0 Å². The van der Waals surface area contributed by atoms with E-state index in [0.717, 1.165) is 22.5 Å². The third kappa shape index (κ3) is 3.90. The number of thioether (sulfide) groups is 1. The van der Waals surface area contributed by atoms with E-state index in [1.807, 2.05) is 23.9 Å². The Morgan fingerprint density at radius 3 is 2.67 bits per heavy atom. The van der Waals surface area contributed by atoms with Crippen molar-refractivity contribution in [3.05, 3.63) is 52.9 Å². The first-order valence-electron chi connectivity index (χ1n) is 5.94.